The molecular formula is C16H23ClN4O2. The number of anilines is 1. The Kier molecular flexibility index (Phi) is 4.36. The van der Waals surface area contributed by atoms with E-state index < -0.39 is 5.60 Å². The van der Waals surface area contributed by atoms with Crippen LogP contribution in [0.1, 0.15) is 33.6 Å². The van der Waals surface area contributed by atoms with E-state index in [1.165, 1.54) is 0 Å². The SMILES string of the molecule is CC(C)(C)OC(=O)N1CC2C[C@@H](Nc3ccc(Cl)nn3)C[C@H]2C1. The van der Waals surface area contributed by atoms with Crippen LogP contribution in [0.5, 0.6) is 0 Å². The van der Waals surface area contributed by atoms with Gasteiger partial charge < -0.3 is 15.0 Å². The molecule has 2 aliphatic rings. The fraction of sp³-hybridized carbons (Fsp3) is 0.688. The third-order valence-electron chi connectivity index (χ3n) is 4.39. The lowest BCUT2D eigenvalue weighted by Crippen LogP contribution is -2.36. The molecule has 1 N–H and O–H groups in total. The molecular weight excluding hydrogens is 316 g/mol. The molecule has 1 aromatic heterocycles. The quantitative estimate of drug-likeness (QED) is 0.897. The van der Waals surface area contributed by atoms with Crippen molar-refractivity contribution in [1.29, 1.82) is 0 Å². The highest BCUT2D eigenvalue weighted by Gasteiger charge is 2.43. The summed E-state index contributed by atoms with van der Waals surface area (Å²) >= 11 is 5.75. The van der Waals surface area contributed by atoms with Crippen LogP contribution < -0.4 is 5.32 Å². The molecule has 0 spiro atoms. The molecule has 126 valence electrons. The zero-order chi connectivity index (χ0) is 16.6. The molecule has 3 atom stereocenters. The molecule has 1 unspecified atom stereocenters. The number of carbonyl (C=O) groups is 1. The summed E-state index contributed by atoms with van der Waals surface area (Å²) < 4.78 is 5.46. The number of aromatic nitrogens is 2. The van der Waals surface area contributed by atoms with Gasteiger partial charge in [-0.05, 0) is 57.6 Å². The zero-order valence-electron chi connectivity index (χ0n) is 13.8. The minimum absolute atomic E-state index is 0.194. The second-order valence-electron chi connectivity index (χ2n) is 7.46. The summed E-state index contributed by atoms with van der Waals surface area (Å²) in [4.78, 5) is 14.0. The van der Waals surface area contributed by atoms with Crippen LogP contribution >= 0.6 is 11.6 Å². The average molecular weight is 339 g/mol. The van der Waals surface area contributed by atoms with Gasteiger partial charge in [0.2, 0.25) is 0 Å². The summed E-state index contributed by atoms with van der Waals surface area (Å²) in [5, 5.41) is 11.7. The number of amides is 1. The Hall–Kier alpha value is -1.56. The molecule has 1 saturated heterocycles. The number of likely N-dealkylation sites (tertiary alicyclic amines) is 1. The van der Waals surface area contributed by atoms with Crippen LogP contribution in [0.3, 0.4) is 0 Å². The number of nitrogens with one attached hydrogen (secondary N) is 1. The lowest BCUT2D eigenvalue weighted by molar-refractivity contribution is 0.0280. The van der Waals surface area contributed by atoms with Crippen LogP contribution in [0, 0.1) is 11.8 Å². The minimum Gasteiger partial charge on any atom is -0.444 e. The predicted molar refractivity (Wildman–Crippen MR) is 88.5 cm³/mol. The Bertz CT molecular complexity index is 558. The van der Waals surface area contributed by atoms with Crippen LogP contribution in [-0.4, -0.2) is 45.9 Å². The van der Waals surface area contributed by atoms with Crippen LogP contribution in [0.2, 0.25) is 5.15 Å². The van der Waals surface area contributed by atoms with E-state index in [9.17, 15) is 4.79 Å². The zero-order valence-corrected chi connectivity index (χ0v) is 14.5. The molecule has 0 aromatic carbocycles. The van der Waals surface area contributed by atoms with Crippen LogP contribution in [0.4, 0.5) is 10.6 Å². The topological polar surface area (TPSA) is 67.3 Å². The first-order valence-electron chi connectivity index (χ1n) is 8.04. The second kappa shape index (κ2) is 6.15. The molecule has 0 bridgehead atoms. The molecule has 2 fully saturated rings. The van der Waals surface area contributed by atoms with Crippen LogP contribution in [-0.2, 0) is 4.74 Å². The molecule has 2 heterocycles. The largest absolute Gasteiger partial charge is 0.444 e. The number of halogens is 1. The molecule has 1 saturated carbocycles. The number of hydrogen-bond donors (Lipinski definition) is 1. The molecule has 23 heavy (non-hydrogen) atoms. The van der Waals surface area contributed by atoms with Crippen molar-refractivity contribution < 1.29 is 9.53 Å². The van der Waals surface area contributed by atoms with Crippen molar-refractivity contribution in [2.24, 2.45) is 11.8 Å². The molecule has 7 heteroatoms. The number of rotatable bonds is 2. The lowest BCUT2D eigenvalue weighted by atomic mass is 10.0. The van der Waals surface area contributed by atoms with Gasteiger partial charge in [-0.3, -0.25) is 0 Å². The molecule has 0 radical (unpaired) electrons. The van der Waals surface area contributed by atoms with E-state index in [1.54, 1.807) is 6.07 Å². The minimum atomic E-state index is -0.438. The first-order valence-corrected chi connectivity index (χ1v) is 8.41. The van der Waals surface area contributed by atoms with Gasteiger partial charge in [0, 0.05) is 19.1 Å². The van der Waals surface area contributed by atoms with E-state index in [4.69, 9.17) is 16.3 Å². The van der Waals surface area contributed by atoms with Crippen molar-refractivity contribution >= 4 is 23.5 Å². The fourth-order valence-electron chi connectivity index (χ4n) is 3.50. The predicted octanol–water partition coefficient (Wildman–Crippen LogP) is 3.19. The van der Waals surface area contributed by atoms with E-state index in [-0.39, 0.29) is 6.09 Å². The van der Waals surface area contributed by atoms with Crippen molar-refractivity contribution in [3.8, 4) is 0 Å². The highest BCUT2D eigenvalue weighted by atomic mass is 35.5. The molecule has 6 nitrogen and oxygen atoms in total. The summed E-state index contributed by atoms with van der Waals surface area (Å²) in [7, 11) is 0. The smallest absolute Gasteiger partial charge is 0.410 e. The van der Waals surface area contributed by atoms with Gasteiger partial charge >= 0.3 is 6.09 Å². The van der Waals surface area contributed by atoms with Crippen LogP contribution in [0.25, 0.3) is 0 Å². The van der Waals surface area contributed by atoms with Crippen molar-refractivity contribution in [2.45, 2.75) is 45.3 Å². The Labute approximate surface area is 141 Å². The number of nitrogens with zero attached hydrogens (tertiary/aromatic N) is 3. The van der Waals surface area contributed by atoms with Crippen molar-refractivity contribution in [1.82, 2.24) is 15.1 Å². The third-order valence-corrected chi connectivity index (χ3v) is 4.59. The van der Waals surface area contributed by atoms with E-state index in [0.717, 1.165) is 31.7 Å². The maximum Gasteiger partial charge on any atom is 0.410 e. The highest BCUT2D eigenvalue weighted by Crippen LogP contribution is 2.39. The summed E-state index contributed by atoms with van der Waals surface area (Å²) in [6.45, 7) is 7.26. The molecule has 1 amide bonds. The molecule has 1 aromatic rings. The molecule has 3 rings (SSSR count). The number of ether oxygens (including phenoxy) is 1. The maximum absolute atomic E-state index is 12.2. The summed E-state index contributed by atoms with van der Waals surface area (Å²) in [6.07, 6.45) is 1.88. The summed E-state index contributed by atoms with van der Waals surface area (Å²) in [6, 6.07) is 3.95. The Balaban J connectivity index is 1.51. The van der Waals surface area contributed by atoms with Gasteiger partial charge in [-0.2, -0.15) is 0 Å². The maximum atomic E-state index is 12.2. The lowest BCUT2D eigenvalue weighted by Gasteiger charge is -2.25. The Morgan fingerprint density at radius 2 is 1.91 bits per heavy atom. The fourth-order valence-corrected chi connectivity index (χ4v) is 3.60. The van der Waals surface area contributed by atoms with Crippen molar-refractivity contribution in [3.05, 3.63) is 17.3 Å². The Morgan fingerprint density at radius 1 is 1.26 bits per heavy atom. The standard InChI is InChI=1S/C16H23ClN4O2/c1-16(2,3)23-15(22)21-8-10-6-12(7-11(10)9-21)18-14-5-4-13(17)19-20-14/h4-5,10-12H,6-9H2,1-3H3,(H,18,20)/t10-,11?,12-/m0/s1. The van der Waals surface area contributed by atoms with Crippen molar-refractivity contribution in [3.63, 3.8) is 0 Å². The first-order chi connectivity index (χ1) is 10.8. The van der Waals surface area contributed by atoms with Gasteiger partial charge in [0.15, 0.2) is 5.15 Å². The van der Waals surface area contributed by atoms with Gasteiger partial charge in [-0.25, -0.2) is 4.79 Å². The number of carbonyl (C=O) groups excluding carboxylic acids is 1. The second-order valence-corrected chi connectivity index (χ2v) is 7.85. The highest BCUT2D eigenvalue weighted by molar-refractivity contribution is 6.29. The van der Waals surface area contributed by atoms with Gasteiger partial charge in [0.1, 0.15) is 11.4 Å². The van der Waals surface area contributed by atoms with Gasteiger partial charge in [-0.1, -0.05) is 11.6 Å². The number of hydrogen-bond acceptors (Lipinski definition) is 5. The normalized spacial score (nSPS) is 27.0. The van der Waals surface area contributed by atoms with Crippen molar-refractivity contribution in [2.75, 3.05) is 18.4 Å². The van der Waals surface area contributed by atoms with Crippen LogP contribution in [0.15, 0.2) is 12.1 Å². The number of fused-ring (bicyclic) bond motifs is 1. The monoisotopic (exact) mass is 338 g/mol. The Morgan fingerprint density at radius 3 is 2.43 bits per heavy atom. The van der Waals surface area contributed by atoms with Gasteiger partial charge in [0.05, 0.1) is 0 Å². The van der Waals surface area contributed by atoms with Gasteiger partial charge in [-0.15, -0.1) is 10.2 Å². The third kappa shape index (κ3) is 4.05. The van der Waals surface area contributed by atoms with E-state index in [2.05, 4.69) is 15.5 Å². The molecule has 1 aliphatic heterocycles. The summed E-state index contributed by atoms with van der Waals surface area (Å²) in [5.41, 5.74) is -0.438. The molecule has 1 aliphatic carbocycles. The van der Waals surface area contributed by atoms with E-state index >= 15 is 0 Å². The van der Waals surface area contributed by atoms with E-state index in [0.29, 0.717) is 23.0 Å². The summed E-state index contributed by atoms with van der Waals surface area (Å²) in [5.74, 6) is 1.81. The average Bonchev–Trinajstić information content (AvgIpc) is 2.97. The first kappa shape index (κ1) is 16.3. The van der Waals surface area contributed by atoms with Gasteiger partial charge in [0.25, 0.3) is 0 Å². The van der Waals surface area contributed by atoms with E-state index in [1.807, 2.05) is 31.7 Å².